The first-order valence-electron chi connectivity index (χ1n) is 2.39. The van der Waals surface area contributed by atoms with E-state index in [4.69, 9.17) is 39.9 Å². The lowest BCUT2D eigenvalue weighted by Crippen LogP contribution is -2.24. The summed E-state index contributed by atoms with van der Waals surface area (Å²) in [4.78, 5) is 9.40. The molecule has 0 aliphatic heterocycles. The third kappa shape index (κ3) is 3.65. The molecule has 0 aromatic rings. The molecule has 0 spiro atoms. The summed E-state index contributed by atoms with van der Waals surface area (Å²) in [7, 11) is 0. The van der Waals surface area contributed by atoms with E-state index in [1.54, 1.807) is 0 Å². The molecule has 0 rings (SSSR count). The van der Waals surface area contributed by atoms with Crippen molar-refractivity contribution in [3.63, 3.8) is 0 Å². The number of hydrogen-bond donors (Lipinski definition) is 1. The van der Waals surface area contributed by atoms with Gasteiger partial charge in [0.2, 0.25) is 3.79 Å². The topological polar surface area (TPSA) is 37.3 Å². The van der Waals surface area contributed by atoms with Crippen LogP contribution in [0.15, 0.2) is 12.2 Å². The van der Waals surface area contributed by atoms with Gasteiger partial charge in [0.1, 0.15) is 0 Å². The molecule has 0 bridgehead atoms. The molecule has 0 fully saturated rings. The Balaban J connectivity index is 4.38. The Morgan fingerprint density at radius 1 is 1.55 bits per heavy atom. The van der Waals surface area contributed by atoms with Gasteiger partial charge in [-0.2, -0.15) is 0 Å². The molecule has 0 aliphatic rings. The van der Waals surface area contributed by atoms with Crippen LogP contribution in [0.25, 0.3) is 0 Å². The molecule has 1 unspecified atom stereocenters. The average Bonchev–Trinajstić information content (AvgIpc) is 1.82. The fraction of sp³-hybridized carbons (Fsp3) is 0.400. The number of aliphatic carboxylic acids is 1. The number of carbonyl (C=O) groups is 1. The number of carboxylic acid groups (broad SMARTS) is 1. The molecule has 64 valence electrons. The van der Waals surface area contributed by atoms with Gasteiger partial charge in [0.25, 0.3) is 0 Å². The van der Waals surface area contributed by atoms with Crippen LogP contribution in [0.3, 0.4) is 0 Å². The molecule has 0 saturated heterocycles. The molecule has 0 amide bonds. The Labute approximate surface area is 87.2 Å². The second kappa shape index (κ2) is 3.99. The van der Waals surface area contributed by atoms with Crippen LogP contribution in [0.4, 0.5) is 0 Å². The number of alkyl halides is 4. The van der Waals surface area contributed by atoms with Crippen LogP contribution in [0.1, 0.15) is 0 Å². The van der Waals surface area contributed by atoms with Gasteiger partial charge in [0, 0.05) is 5.57 Å². The monoisotopic (exact) mass is 280 g/mol. The summed E-state index contributed by atoms with van der Waals surface area (Å²) in [5.74, 6) is -1.20. The van der Waals surface area contributed by atoms with Gasteiger partial charge in [-0.05, 0) is 0 Å². The highest BCUT2D eigenvalue weighted by molar-refractivity contribution is 9.09. The van der Waals surface area contributed by atoms with Gasteiger partial charge in [0.05, 0.1) is 4.83 Å². The highest BCUT2D eigenvalue weighted by atomic mass is 79.9. The van der Waals surface area contributed by atoms with Gasteiger partial charge >= 0.3 is 5.97 Å². The third-order valence-electron chi connectivity index (χ3n) is 0.868. The minimum Gasteiger partial charge on any atom is -0.478 e. The van der Waals surface area contributed by atoms with Gasteiger partial charge in [-0.25, -0.2) is 4.79 Å². The molecule has 1 atom stereocenters. The van der Waals surface area contributed by atoms with Crippen LogP contribution in [-0.2, 0) is 4.79 Å². The zero-order valence-electron chi connectivity index (χ0n) is 5.15. The third-order valence-corrected chi connectivity index (χ3v) is 3.55. The quantitative estimate of drug-likeness (QED) is 0.624. The summed E-state index contributed by atoms with van der Waals surface area (Å²) >= 11 is 19.0. The maximum atomic E-state index is 10.3. The van der Waals surface area contributed by atoms with Crippen molar-refractivity contribution >= 4 is 56.7 Å². The van der Waals surface area contributed by atoms with Gasteiger partial charge in [-0.3, -0.25) is 0 Å². The molecule has 0 aromatic heterocycles. The Bertz CT molecular complexity index is 187. The maximum absolute atomic E-state index is 10.3. The van der Waals surface area contributed by atoms with E-state index in [-0.39, 0.29) is 5.57 Å². The van der Waals surface area contributed by atoms with Crippen molar-refractivity contribution in [3.05, 3.63) is 12.2 Å². The lowest BCUT2D eigenvalue weighted by Gasteiger charge is -2.17. The fourth-order valence-electron chi connectivity index (χ4n) is 0.306. The summed E-state index contributed by atoms with van der Waals surface area (Å²) in [5.41, 5.74) is -0.190. The summed E-state index contributed by atoms with van der Waals surface area (Å²) in [6, 6.07) is 0. The average molecular weight is 282 g/mol. The number of carboxylic acids is 1. The van der Waals surface area contributed by atoms with Crippen molar-refractivity contribution in [3.8, 4) is 0 Å². The SMILES string of the molecule is C=C(C(=O)O)C(Br)C(Cl)(Cl)Cl. The van der Waals surface area contributed by atoms with E-state index in [9.17, 15) is 4.79 Å². The first-order valence-corrected chi connectivity index (χ1v) is 4.44. The van der Waals surface area contributed by atoms with E-state index in [0.717, 1.165) is 0 Å². The van der Waals surface area contributed by atoms with E-state index in [1.165, 1.54) is 0 Å². The minimum atomic E-state index is -1.69. The molecule has 6 heteroatoms. The Morgan fingerprint density at radius 2 is 1.91 bits per heavy atom. The van der Waals surface area contributed by atoms with Crippen LogP contribution in [0.5, 0.6) is 0 Å². The molecule has 0 aromatic carbocycles. The molecule has 0 radical (unpaired) electrons. The van der Waals surface area contributed by atoms with Crippen LogP contribution in [0, 0.1) is 0 Å². The van der Waals surface area contributed by atoms with Crippen molar-refractivity contribution in [2.45, 2.75) is 8.62 Å². The van der Waals surface area contributed by atoms with E-state index in [1.807, 2.05) is 0 Å². The lowest BCUT2D eigenvalue weighted by atomic mass is 10.2. The summed E-state index contributed by atoms with van der Waals surface area (Å²) in [5, 5.41) is 8.41. The highest BCUT2D eigenvalue weighted by Gasteiger charge is 2.34. The van der Waals surface area contributed by atoms with Crippen LogP contribution >= 0.6 is 50.7 Å². The zero-order valence-corrected chi connectivity index (χ0v) is 9.01. The van der Waals surface area contributed by atoms with Crippen LogP contribution in [0.2, 0.25) is 0 Å². The fourth-order valence-corrected chi connectivity index (χ4v) is 0.897. The molecule has 11 heavy (non-hydrogen) atoms. The lowest BCUT2D eigenvalue weighted by molar-refractivity contribution is -0.132. The summed E-state index contributed by atoms with van der Waals surface area (Å²) in [6.45, 7) is 3.22. The largest absolute Gasteiger partial charge is 0.478 e. The molecule has 0 saturated carbocycles. The molecular weight excluding hydrogens is 278 g/mol. The second-order valence-corrected chi connectivity index (χ2v) is 5.02. The Kier molecular flexibility index (Phi) is 4.19. The van der Waals surface area contributed by atoms with Crippen LogP contribution < -0.4 is 0 Å². The predicted octanol–water partition coefficient (Wildman–Crippen LogP) is 2.76. The normalized spacial score (nSPS) is 14.2. The standard InChI is InChI=1S/C5H4BrCl3O2/c1-2(4(10)11)3(6)5(7,8)9/h3H,1H2,(H,10,11). The van der Waals surface area contributed by atoms with Crippen molar-refractivity contribution < 1.29 is 9.90 Å². The zero-order chi connectivity index (χ0) is 9.23. The summed E-state index contributed by atoms with van der Waals surface area (Å²) in [6.07, 6.45) is 0. The number of hydrogen-bond acceptors (Lipinski definition) is 1. The first-order chi connectivity index (χ1) is 4.76. The van der Waals surface area contributed by atoms with E-state index < -0.39 is 14.6 Å². The first kappa shape index (κ1) is 11.6. The van der Waals surface area contributed by atoms with Crippen molar-refractivity contribution in [2.75, 3.05) is 0 Å². The van der Waals surface area contributed by atoms with E-state index in [0.29, 0.717) is 0 Å². The molecule has 0 aliphatic carbocycles. The van der Waals surface area contributed by atoms with Gasteiger partial charge < -0.3 is 5.11 Å². The van der Waals surface area contributed by atoms with Gasteiger partial charge in [-0.1, -0.05) is 57.3 Å². The van der Waals surface area contributed by atoms with E-state index in [2.05, 4.69) is 22.5 Å². The smallest absolute Gasteiger partial charge is 0.332 e. The minimum absolute atomic E-state index is 0.190. The molecule has 0 heterocycles. The van der Waals surface area contributed by atoms with Crippen molar-refractivity contribution in [1.29, 1.82) is 0 Å². The van der Waals surface area contributed by atoms with Crippen LogP contribution in [-0.4, -0.2) is 19.7 Å². The molecule has 1 N–H and O–H groups in total. The van der Waals surface area contributed by atoms with E-state index >= 15 is 0 Å². The number of halogens is 4. The summed E-state index contributed by atoms with van der Waals surface area (Å²) < 4.78 is -1.69. The Morgan fingerprint density at radius 3 is 2.00 bits per heavy atom. The number of rotatable bonds is 2. The molecule has 2 nitrogen and oxygen atoms in total. The van der Waals surface area contributed by atoms with Gasteiger partial charge in [0.15, 0.2) is 0 Å². The highest BCUT2D eigenvalue weighted by Crippen LogP contribution is 2.38. The maximum Gasteiger partial charge on any atom is 0.332 e. The Hall–Kier alpha value is 0.560. The molecular formula is C5H4BrCl3O2. The second-order valence-electron chi connectivity index (χ2n) is 1.73. The van der Waals surface area contributed by atoms with Crippen molar-refractivity contribution in [2.24, 2.45) is 0 Å². The van der Waals surface area contributed by atoms with Crippen molar-refractivity contribution in [1.82, 2.24) is 0 Å². The predicted molar refractivity (Wildman–Crippen MR) is 49.8 cm³/mol. The van der Waals surface area contributed by atoms with Gasteiger partial charge in [-0.15, -0.1) is 0 Å².